The maximum Gasteiger partial charge on any atom is 0.498 e. The third-order valence-electron chi connectivity index (χ3n) is 17.7. The second kappa shape index (κ2) is 29.0. The van der Waals surface area contributed by atoms with Crippen LogP contribution in [-0.4, -0.2) is 199 Å². The molecule has 4 fully saturated rings. The van der Waals surface area contributed by atoms with Crippen LogP contribution in [0, 0.1) is 5.82 Å². The molecule has 0 amide bonds. The molecule has 0 saturated carbocycles. The highest BCUT2D eigenvalue weighted by atomic mass is 79.9. The van der Waals surface area contributed by atoms with Gasteiger partial charge in [-0.1, -0.05) is 12.1 Å². The van der Waals surface area contributed by atoms with Crippen LogP contribution in [0.2, 0.25) is 0 Å². The molecule has 26 nitrogen and oxygen atoms in total. The minimum atomic E-state index is -0.465. The molecule has 498 valence electrons. The van der Waals surface area contributed by atoms with E-state index < -0.39 is 18.3 Å². The molecule has 4 aliphatic heterocycles. The number of rotatable bonds is 15. The molecule has 0 unspecified atom stereocenters. The molecule has 4 saturated heterocycles. The maximum atomic E-state index is 13.1. The average Bonchev–Trinajstić information content (AvgIpc) is 1.73. The molecule has 4 aromatic carbocycles. The van der Waals surface area contributed by atoms with Crippen molar-refractivity contribution in [3.63, 3.8) is 0 Å². The summed E-state index contributed by atoms with van der Waals surface area (Å²) in [5.74, 6) is 8.51. The number of nitrogens with zero attached hydrogens (tertiary/aromatic N) is 18. The van der Waals surface area contributed by atoms with Crippen LogP contribution in [0.1, 0.15) is 38.8 Å². The van der Waals surface area contributed by atoms with Crippen molar-refractivity contribution in [2.24, 2.45) is 0 Å². The van der Waals surface area contributed by atoms with E-state index in [0.717, 1.165) is 156 Å². The predicted molar refractivity (Wildman–Crippen MR) is 370 cm³/mol. The highest BCUT2D eigenvalue weighted by Gasteiger charge is 2.52. The lowest BCUT2D eigenvalue weighted by Crippen LogP contribution is -2.47. The Labute approximate surface area is 564 Å². The fourth-order valence-corrected chi connectivity index (χ4v) is 11.9. The molecule has 10 aromatic rings. The molecule has 0 N–H and O–H groups in total. The van der Waals surface area contributed by atoms with E-state index >= 15 is 0 Å². The predicted octanol–water partition coefficient (Wildman–Crippen LogP) is 8.08. The molecule has 29 heteroatoms. The molecule has 4 aliphatic rings. The number of hydrogen-bond donors (Lipinski definition) is 0. The van der Waals surface area contributed by atoms with Crippen LogP contribution in [0.15, 0.2) is 121 Å². The zero-order valence-electron chi connectivity index (χ0n) is 55.3. The number of anilines is 6. The summed E-state index contributed by atoms with van der Waals surface area (Å²) in [5, 5.41) is 2.81. The van der Waals surface area contributed by atoms with Crippen molar-refractivity contribution < 1.29 is 42.1 Å². The lowest BCUT2D eigenvalue weighted by Gasteiger charge is -2.35. The number of hydrogen-bond acceptors (Lipinski definition) is 26. The quantitative estimate of drug-likeness (QED) is 0.0880. The van der Waals surface area contributed by atoms with Gasteiger partial charge in [0, 0.05) is 162 Å². The summed E-state index contributed by atoms with van der Waals surface area (Å²) in [6, 6.07) is 17.9. The van der Waals surface area contributed by atoms with Crippen LogP contribution in [0.5, 0.6) is 34.5 Å². The molecule has 0 atom stereocenters. The van der Waals surface area contributed by atoms with Gasteiger partial charge in [-0.3, -0.25) is 0 Å². The number of piperazine rings is 3. The number of ether oxygens (including phenoxy) is 6. The number of halogens is 2. The Bertz CT molecular complexity index is 4290. The third kappa shape index (κ3) is 14.4. The monoisotopic (exact) mass is 1370 g/mol. The van der Waals surface area contributed by atoms with E-state index in [9.17, 15) is 4.39 Å². The average molecular weight is 1370 g/mol. The van der Waals surface area contributed by atoms with Crippen LogP contribution in [0.25, 0.3) is 32.7 Å². The lowest BCUT2D eigenvalue weighted by molar-refractivity contribution is 0.00578. The Hall–Kier alpha value is -9.87. The van der Waals surface area contributed by atoms with E-state index in [2.05, 4.69) is 105 Å². The maximum absolute atomic E-state index is 13.1. The van der Waals surface area contributed by atoms with E-state index in [1.807, 2.05) is 76.5 Å². The lowest BCUT2D eigenvalue weighted by atomic mass is 9.81. The first-order chi connectivity index (χ1) is 46.5. The molecule has 0 spiro atoms. The fraction of sp³-hybridized carbons (Fsp3) is 0.373. The van der Waals surface area contributed by atoms with Gasteiger partial charge in [0.1, 0.15) is 42.3 Å². The first-order valence-electron chi connectivity index (χ1n) is 31.4. The zero-order valence-corrected chi connectivity index (χ0v) is 56.9. The number of fused-ring (bicyclic) bond motifs is 3. The standard InChI is InChI=1S/C25H25FN6O2.C24H31BN6O4.C18H19BrN6O2/c1-33-22-12-20-21(13-23(22)34-2)29-16-30-24(20)31-7-9-32(10-8-31)25-27-14-18(15-28-25)11-17-3-5-19(26)6-4-17;1-23(2)24(3,4)35-25(34-23)16-13-26-22(27-14-16)31-9-7-30(8-10-31)21-17-11-19(32-5)20(33-6)12-18(17)28-15-29-21;1-26-15-7-13-14(8-16(15)27-2)22-11-23-17(13)24-3-5-25(6-4-24)18-20-9-12(19)10-21-18/h3-6,12-16H,7-11H2,1-2H3;11-15H,7-10H2,1-6H3;7-11H,3-6H2,1-2H3. The van der Waals surface area contributed by atoms with Crippen LogP contribution in [0.4, 0.5) is 39.7 Å². The van der Waals surface area contributed by atoms with Crippen molar-refractivity contribution in [1.29, 1.82) is 0 Å². The van der Waals surface area contributed by atoms with Crippen LogP contribution in [-0.2, 0) is 15.7 Å². The van der Waals surface area contributed by atoms with Gasteiger partial charge in [-0.15, -0.1) is 0 Å². The molecule has 0 radical (unpaired) electrons. The van der Waals surface area contributed by atoms with Gasteiger partial charge in [-0.25, -0.2) is 64.2 Å². The van der Waals surface area contributed by atoms with Gasteiger partial charge in [0.15, 0.2) is 34.5 Å². The Kier molecular flexibility index (Phi) is 20.0. The summed E-state index contributed by atoms with van der Waals surface area (Å²) < 4.78 is 58.8. The van der Waals surface area contributed by atoms with Crippen molar-refractivity contribution >= 4 is 96.5 Å². The highest BCUT2D eigenvalue weighted by Crippen LogP contribution is 2.40. The first kappa shape index (κ1) is 66.2. The van der Waals surface area contributed by atoms with Crippen molar-refractivity contribution in [3.8, 4) is 34.5 Å². The summed E-state index contributed by atoms with van der Waals surface area (Å²) in [7, 11) is 9.27. The van der Waals surface area contributed by atoms with E-state index in [4.69, 9.17) is 37.7 Å². The SMILES string of the molecule is COc1cc2ncnc(N3CCN(c4ncc(B5OC(C)(C)C(C)(C)O5)cn4)CC3)c2cc1OC.COc1cc2ncnc(N3CCN(c4ncc(Br)cn4)CC3)c2cc1OC.COc1cc2ncnc(N3CCN(c4ncc(Cc5ccc(F)cc5)cn4)CC3)c2cc1OC. The van der Waals surface area contributed by atoms with Gasteiger partial charge < -0.3 is 67.1 Å². The molecule has 10 heterocycles. The topological polar surface area (TPSA) is 248 Å². The van der Waals surface area contributed by atoms with E-state index in [0.29, 0.717) is 52.8 Å². The first-order valence-corrected chi connectivity index (χ1v) is 32.2. The largest absolute Gasteiger partial charge is 0.498 e. The second-order valence-corrected chi connectivity index (χ2v) is 24.9. The van der Waals surface area contributed by atoms with Crippen LogP contribution in [0.3, 0.4) is 0 Å². The Morgan fingerprint density at radius 2 is 0.698 bits per heavy atom. The normalized spacial score (nSPS) is 16.0. The molecule has 6 aromatic heterocycles. The van der Waals surface area contributed by atoms with Crippen LogP contribution >= 0.6 is 15.9 Å². The third-order valence-corrected chi connectivity index (χ3v) is 18.2. The summed E-state index contributed by atoms with van der Waals surface area (Å²) in [5.41, 5.74) is 4.50. The van der Waals surface area contributed by atoms with Gasteiger partial charge in [-0.2, -0.15) is 0 Å². The van der Waals surface area contributed by atoms with Crippen molar-refractivity contribution in [2.75, 3.05) is 151 Å². The Morgan fingerprint density at radius 1 is 0.396 bits per heavy atom. The van der Waals surface area contributed by atoms with Crippen molar-refractivity contribution in [2.45, 2.75) is 45.3 Å². The summed E-state index contributed by atoms with van der Waals surface area (Å²) in [4.78, 5) is 67.3. The molecule has 0 bridgehead atoms. The highest BCUT2D eigenvalue weighted by molar-refractivity contribution is 9.10. The smallest absolute Gasteiger partial charge is 0.493 e. The van der Waals surface area contributed by atoms with Gasteiger partial charge in [0.05, 0.1) is 74.9 Å². The molecular weight excluding hydrogens is 1290 g/mol. The van der Waals surface area contributed by atoms with E-state index in [1.165, 1.54) is 12.1 Å². The van der Waals surface area contributed by atoms with Crippen LogP contribution < -0.4 is 63.3 Å². The van der Waals surface area contributed by atoms with E-state index in [1.54, 1.807) is 98.6 Å². The molecule has 96 heavy (non-hydrogen) atoms. The van der Waals surface area contributed by atoms with Gasteiger partial charge in [0.2, 0.25) is 17.8 Å². The summed E-state index contributed by atoms with van der Waals surface area (Å²) in [6.45, 7) is 17.6. The van der Waals surface area contributed by atoms with Crippen molar-refractivity contribution in [3.05, 3.63) is 138 Å². The fourth-order valence-electron chi connectivity index (χ4n) is 11.7. The zero-order chi connectivity index (χ0) is 67.1. The van der Waals surface area contributed by atoms with Gasteiger partial charge in [0.25, 0.3) is 0 Å². The van der Waals surface area contributed by atoms with E-state index in [-0.39, 0.29) is 5.82 Å². The molecule has 14 rings (SSSR count). The van der Waals surface area contributed by atoms with Gasteiger partial charge >= 0.3 is 7.12 Å². The number of methoxy groups -OCH3 is 6. The number of benzene rings is 4. The molecular formula is C67H75BBrFN18O8. The Balaban J connectivity index is 0.000000139. The summed E-state index contributed by atoms with van der Waals surface area (Å²) >= 11 is 3.37. The second-order valence-electron chi connectivity index (χ2n) is 24.0. The minimum absolute atomic E-state index is 0.233. The molecule has 0 aliphatic carbocycles. The van der Waals surface area contributed by atoms with Gasteiger partial charge in [-0.05, 0) is 85.1 Å². The minimum Gasteiger partial charge on any atom is -0.493 e. The summed E-state index contributed by atoms with van der Waals surface area (Å²) in [6.07, 6.45) is 16.3. The number of aromatic nitrogens is 12. The Morgan fingerprint density at radius 3 is 1.03 bits per heavy atom. The van der Waals surface area contributed by atoms with Crippen molar-refractivity contribution in [1.82, 2.24) is 59.8 Å².